The molecule has 0 fully saturated rings. The van der Waals surface area contributed by atoms with E-state index in [0.717, 1.165) is 12.0 Å². The number of fused-ring (bicyclic) bond motifs is 1. The third-order valence-electron chi connectivity index (χ3n) is 2.66. The van der Waals surface area contributed by atoms with Crippen LogP contribution in [0, 0.1) is 5.92 Å². The third kappa shape index (κ3) is 3.36. The quantitative estimate of drug-likeness (QED) is 0.822. The highest BCUT2D eigenvalue weighted by molar-refractivity contribution is 5.82. The zero-order valence-corrected chi connectivity index (χ0v) is 10.8. The fourth-order valence-corrected chi connectivity index (χ4v) is 1.69. The summed E-state index contributed by atoms with van der Waals surface area (Å²) >= 11 is 0. The SMILES string of the molecule is CC(C)CC=Cc1ccc2c(c1)OCC(=O)CO2. The Labute approximate surface area is 107 Å². The zero-order valence-electron chi connectivity index (χ0n) is 10.8. The average Bonchev–Trinajstić information content (AvgIpc) is 2.51. The topological polar surface area (TPSA) is 35.5 Å². The minimum atomic E-state index is -0.0388. The summed E-state index contributed by atoms with van der Waals surface area (Å²) in [5.74, 6) is 1.90. The second-order valence-electron chi connectivity index (χ2n) is 4.85. The number of hydrogen-bond acceptors (Lipinski definition) is 3. The molecule has 0 radical (unpaired) electrons. The van der Waals surface area contributed by atoms with Crippen LogP contribution in [0.2, 0.25) is 0 Å². The standard InChI is InChI=1S/C15H18O3/c1-11(2)4-3-5-12-6-7-14-15(8-12)18-10-13(16)9-17-14/h3,5-8,11H,4,9-10H2,1-2H3. The summed E-state index contributed by atoms with van der Waals surface area (Å²) in [4.78, 5) is 11.2. The first-order valence-corrected chi connectivity index (χ1v) is 6.23. The molecule has 0 aromatic heterocycles. The fourth-order valence-electron chi connectivity index (χ4n) is 1.69. The van der Waals surface area contributed by atoms with Crippen LogP contribution in [0.4, 0.5) is 0 Å². The maximum absolute atomic E-state index is 11.2. The molecule has 0 saturated heterocycles. The van der Waals surface area contributed by atoms with Gasteiger partial charge in [-0.1, -0.05) is 32.1 Å². The summed E-state index contributed by atoms with van der Waals surface area (Å²) < 4.78 is 10.8. The van der Waals surface area contributed by atoms with Crippen LogP contribution in [0.1, 0.15) is 25.8 Å². The Morgan fingerprint density at radius 1 is 1.22 bits per heavy atom. The molecule has 1 aromatic carbocycles. The molecule has 96 valence electrons. The first-order chi connectivity index (χ1) is 8.65. The number of carbonyl (C=O) groups is 1. The molecule has 3 heteroatoms. The molecule has 2 rings (SSSR count). The number of carbonyl (C=O) groups excluding carboxylic acids is 1. The molecule has 0 saturated carbocycles. The van der Waals surface area contributed by atoms with Crippen molar-refractivity contribution in [2.75, 3.05) is 13.2 Å². The van der Waals surface area contributed by atoms with Gasteiger partial charge in [-0.2, -0.15) is 0 Å². The van der Waals surface area contributed by atoms with Gasteiger partial charge < -0.3 is 9.47 Å². The summed E-state index contributed by atoms with van der Waals surface area (Å²) in [6.45, 7) is 4.55. The van der Waals surface area contributed by atoms with Crippen molar-refractivity contribution in [2.24, 2.45) is 5.92 Å². The molecule has 1 aliphatic rings. The lowest BCUT2D eigenvalue weighted by molar-refractivity contribution is -0.122. The smallest absolute Gasteiger partial charge is 0.207 e. The summed E-state index contributed by atoms with van der Waals surface area (Å²) in [7, 11) is 0. The van der Waals surface area contributed by atoms with E-state index in [-0.39, 0.29) is 19.0 Å². The molecular formula is C15H18O3. The van der Waals surface area contributed by atoms with Gasteiger partial charge in [0.05, 0.1) is 0 Å². The van der Waals surface area contributed by atoms with Crippen LogP contribution in [0.25, 0.3) is 6.08 Å². The Morgan fingerprint density at radius 2 is 1.94 bits per heavy atom. The lowest BCUT2D eigenvalue weighted by Crippen LogP contribution is -2.15. The van der Waals surface area contributed by atoms with E-state index >= 15 is 0 Å². The highest BCUT2D eigenvalue weighted by Gasteiger charge is 2.14. The van der Waals surface area contributed by atoms with Gasteiger partial charge in [0.1, 0.15) is 0 Å². The van der Waals surface area contributed by atoms with Gasteiger partial charge in [-0.25, -0.2) is 0 Å². The van der Waals surface area contributed by atoms with Crippen molar-refractivity contribution in [2.45, 2.75) is 20.3 Å². The van der Waals surface area contributed by atoms with Crippen molar-refractivity contribution in [1.29, 1.82) is 0 Å². The molecule has 1 aliphatic heterocycles. The van der Waals surface area contributed by atoms with Crippen LogP contribution in [0.5, 0.6) is 11.5 Å². The van der Waals surface area contributed by atoms with Crippen molar-refractivity contribution in [3.63, 3.8) is 0 Å². The predicted octanol–water partition coefficient (Wildman–Crippen LogP) is 3.09. The Kier molecular flexibility index (Phi) is 4.03. The number of Topliss-reactive ketones (excluding diaryl/α,β-unsaturated/α-hetero) is 1. The summed E-state index contributed by atoms with van der Waals surface area (Å²) in [6, 6.07) is 5.72. The van der Waals surface area contributed by atoms with Crippen LogP contribution < -0.4 is 9.47 Å². The summed E-state index contributed by atoms with van der Waals surface area (Å²) in [6.07, 6.45) is 5.26. The number of benzene rings is 1. The molecule has 0 unspecified atom stereocenters. The lowest BCUT2D eigenvalue weighted by Gasteiger charge is -2.07. The molecule has 3 nitrogen and oxygen atoms in total. The van der Waals surface area contributed by atoms with Crippen molar-refractivity contribution in [3.05, 3.63) is 29.8 Å². The molecule has 18 heavy (non-hydrogen) atoms. The van der Waals surface area contributed by atoms with Crippen LogP contribution in [0.3, 0.4) is 0 Å². The van der Waals surface area contributed by atoms with Crippen molar-refractivity contribution in [1.82, 2.24) is 0 Å². The van der Waals surface area contributed by atoms with Gasteiger partial charge in [-0.05, 0) is 30.0 Å². The van der Waals surface area contributed by atoms with Crippen molar-refractivity contribution < 1.29 is 14.3 Å². The molecule has 0 amide bonds. The lowest BCUT2D eigenvalue weighted by atomic mass is 10.1. The number of ketones is 1. The first-order valence-electron chi connectivity index (χ1n) is 6.23. The van der Waals surface area contributed by atoms with Gasteiger partial charge in [-0.3, -0.25) is 4.79 Å². The maximum Gasteiger partial charge on any atom is 0.207 e. The van der Waals surface area contributed by atoms with Gasteiger partial charge in [0, 0.05) is 0 Å². The van der Waals surface area contributed by atoms with Gasteiger partial charge in [-0.15, -0.1) is 0 Å². The summed E-state index contributed by atoms with van der Waals surface area (Å²) in [5, 5.41) is 0. The highest BCUT2D eigenvalue weighted by atomic mass is 16.5. The van der Waals surface area contributed by atoms with Gasteiger partial charge >= 0.3 is 0 Å². The van der Waals surface area contributed by atoms with Crippen LogP contribution in [-0.4, -0.2) is 19.0 Å². The predicted molar refractivity (Wildman–Crippen MR) is 70.9 cm³/mol. The molecule has 0 aliphatic carbocycles. The average molecular weight is 246 g/mol. The van der Waals surface area contributed by atoms with E-state index in [4.69, 9.17) is 9.47 Å². The normalized spacial score (nSPS) is 15.2. The Bertz CT molecular complexity index is 461. The van der Waals surface area contributed by atoms with E-state index < -0.39 is 0 Å². The van der Waals surface area contributed by atoms with E-state index in [9.17, 15) is 4.79 Å². The molecule has 0 bridgehead atoms. The molecule has 0 N–H and O–H groups in total. The first kappa shape index (κ1) is 12.7. The number of ether oxygens (including phenoxy) is 2. The third-order valence-corrected chi connectivity index (χ3v) is 2.66. The molecular weight excluding hydrogens is 228 g/mol. The van der Waals surface area contributed by atoms with E-state index in [1.807, 2.05) is 18.2 Å². The number of hydrogen-bond donors (Lipinski definition) is 0. The second kappa shape index (κ2) is 5.71. The molecule has 1 aromatic rings. The monoisotopic (exact) mass is 246 g/mol. The van der Waals surface area contributed by atoms with Gasteiger partial charge in [0.25, 0.3) is 0 Å². The minimum Gasteiger partial charge on any atom is -0.482 e. The second-order valence-corrected chi connectivity index (χ2v) is 4.85. The van der Waals surface area contributed by atoms with Crippen LogP contribution in [0.15, 0.2) is 24.3 Å². The van der Waals surface area contributed by atoms with Gasteiger partial charge in [0.15, 0.2) is 24.7 Å². The Morgan fingerprint density at radius 3 is 2.67 bits per heavy atom. The number of allylic oxidation sites excluding steroid dienone is 1. The molecule has 0 spiro atoms. The Balaban J connectivity index is 2.12. The van der Waals surface area contributed by atoms with E-state index in [2.05, 4.69) is 26.0 Å². The van der Waals surface area contributed by atoms with Crippen molar-refractivity contribution >= 4 is 11.9 Å². The largest absolute Gasteiger partial charge is 0.482 e. The van der Waals surface area contributed by atoms with Crippen LogP contribution in [-0.2, 0) is 4.79 Å². The highest BCUT2D eigenvalue weighted by Crippen LogP contribution is 2.30. The fraction of sp³-hybridized carbons (Fsp3) is 0.400. The van der Waals surface area contributed by atoms with E-state index in [1.165, 1.54) is 0 Å². The Hall–Kier alpha value is -1.77. The maximum atomic E-state index is 11.2. The van der Waals surface area contributed by atoms with E-state index in [0.29, 0.717) is 17.4 Å². The summed E-state index contributed by atoms with van der Waals surface area (Å²) in [5.41, 5.74) is 1.06. The van der Waals surface area contributed by atoms with Crippen molar-refractivity contribution in [3.8, 4) is 11.5 Å². The van der Waals surface area contributed by atoms with Crippen LogP contribution >= 0.6 is 0 Å². The molecule has 0 atom stereocenters. The zero-order chi connectivity index (χ0) is 13.0. The van der Waals surface area contributed by atoms with Gasteiger partial charge in [0.2, 0.25) is 5.78 Å². The number of rotatable bonds is 3. The molecule has 1 heterocycles. The van der Waals surface area contributed by atoms with E-state index in [1.54, 1.807) is 0 Å². The minimum absolute atomic E-state index is 0.0388.